The lowest BCUT2D eigenvalue weighted by Gasteiger charge is -2.35. The fourth-order valence-electron chi connectivity index (χ4n) is 2.17. The smallest absolute Gasteiger partial charge is 0.256 e. The minimum atomic E-state index is -0.829. The SMILES string of the molecule is CN(CC1(O)CCOCC1)C(=O)c1cnn(C)c1. The lowest BCUT2D eigenvalue weighted by molar-refractivity contribution is -0.0734. The Labute approximate surface area is 106 Å². The summed E-state index contributed by atoms with van der Waals surface area (Å²) in [6, 6.07) is 0. The van der Waals surface area contributed by atoms with E-state index in [4.69, 9.17) is 4.74 Å². The van der Waals surface area contributed by atoms with E-state index in [9.17, 15) is 9.90 Å². The van der Waals surface area contributed by atoms with E-state index in [-0.39, 0.29) is 5.91 Å². The van der Waals surface area contributed by atoms with E-state index in [0.717, 1.165) is 0 Å². The van der Waals surface area contributed by atoms with Crippen LogP contribution in [0.3, 0.4) is 0 Å². The molecular weight excluding hydrogens is 234 g/mol. The fraction of sp³-hybridized carbons (Fsp3) is 0.667. The summed E-state index contributed by atoms with van der Waals surface area (Å²) in [7, 11) is 3.46. The van der Waals surface area contributed by atoms with Crippen molar-refractivity contribution in [2.24, 2.45) is 7.05 Å². The van der Waals surface area contributed by atoms with Gasteiger partial charge >= 0.3 is 0 Å². The summed E-state index contributed by atoms with van der Waals surface area (Å²) in [5.74, 6) is -0.122. The molecule has 0 unspecified atom stereocenters. The van der Waals surface area contributed by atoms with Crippen molar-refractivity contribution in [3.05, 3.63) is 18.0 Å². The van der Waals surface area contributed by atoms with E-state index in [1.54, 1.807) is 29.9 Å². The van der Waals surface area contributed by atoms with Crippen molar-refractivity contribution >= 4 is 5.91 Å². The molecule has 1 saturated heterocycles. The summed E-state index contributed by atoms with van der Waals surface area (Å²) in [5.41, 5.74) is -0.291. The molecule has 1 aliphatic heterocycles. The summed E-state index contributed by atoms with van der Waals surface area (Å²) >= 11 is 0. The molecule has 0 radical (unpaired) electrons. The maximum absolute atomic E-state index is 12.1. The van der Waals surface area contributed by atoms with Gasteiger partial charge in [-0.25, -0.2) is 0 Å². The van der Waals surface area contributed by atoms with E-state index in [1.807, 2.05) is 0 Å². The largest absolute Gasteiger partial charge is 0.388 e. The highest BCUT2D eigenvalue weighted by molar-refractivity contribution is 5.93. The van der Waals surface area contributed by atoms with Gasteiger partial charge in [-0.05, 0) is 0 Å². The van der Waals surface area contributed by atoms with Crippen LogP contribution in [0.15, 0.2) is 12.4 Å². The lowest BCUT2D eigenvalue weighted by atomic mass is 9.94. The van der Waals surface area contributed by atoms with E-state index in [2.05, 4.69) is 5.10 Å². The van der Waals surface area contributed by atoms with Gasteiger partial charge in [0.25, 0.3) is 5.91 Å². The van der Waals surface area contributed by atoms with E-state index < -0.39 is 5.60 Å². The molecule has 1 N–H and O–H groups in total. The summed E-state index contributed by atoms with van der Waals surface area (Å²) in [4.78, 5) is 13.6. The van der Waals surface area contributed by atoms with E-state index >= 15 is 0 Å². The van der Waals surface area contributed by atoms with Crippen LogP contribution in [0.2, 0.25) is 0 Å². The number of ether oxygens (including phenoxy) is 1. The molecule has 1 aromatic heterocycles. The first-order chi connectivity index (χ1) is 8.50. The average Bonchev–Trinajstić information content (AvgIpc) is 2.75. The Morgan fingerprint density at radius 3 is 2.83 bits per heavy atom. The van der Waals surface area contributed by atoms with Gasteiger partial charge in [0.15, 0.2) is 0 Å². The third-order valence-electron chi connectivity index (χ3n) is 3.25. The highest BCUT2D eigenvalue weighted by Crippen LogP contribution is 2.21. The van der Waals surface area contributed by atoms with Crippen molar-refractivity contribution in [3.63, 3.8) is 0 Å². The molecule has 1 aliphatic rings. The Bertz CT molecular complexity index is 424. The normalized spacial score (nSPS) is 18.6. The van der Waals surface area contributed by atoms with Crippen LogP contribution in [0.4, 0.5) is 0 Å². The lowest BCUT2D eigenvalue weighted by Crippen LogP contribution is -2.47. The molecule has 0 atom stereocenters. The van der Waals surface area contributed by atoms with Crippen LogP contribution in [0.5, 0.6) is 0 Å². The molecule has 100 valence electrons. The number of rotatable bonds is 3. The van der Waals surface area contributed by atoms with Gasteiger partial charge in [0.1, 0.15) is 0 Å². The molecule has 18 heavy (non-hydrogen) atoms. The second-order valence-electron chi connectivity index (χ2n) is 4.90. The molecule has 6 nitrogen and oxygen atoms in total. The zero-order valence-corrected chi connectivity index (χ0v) is 10.8. The van der Waals surface area contributed by atoms with Gasteiger partial charge in [0.2, 0.25) is 0 Å². The van der Waals surface area contributed by atoms with Gasteiger partial charge in [-0.1, -0.05) is 0 Å². The van der Waals surface area contributed by atoms with Crippen molar-refractivity contribution < 1.29 is 14.6 Å². The Morgan fingerprint density at radius 2 is 2.28 bits per heavy atom. The summed E-state index contributed by atoms with van der Waals surface area (Å²) in [6.07, 6.45) is 4.34. The number of aliphatic hydroxyl groups is 1. The van der Waals surface area contributed by atoms with E-state index in [1.165, 1.54) is 6.20 Å². The molecule has 2 rings (SSSR count). The van der Waals surface area contributed by atoms with Crippen LogP contribution in [-0.2, 0) is 11.8 Å². The third-order valence-corrected chi connectivity index (χ3v) is 3.25. The van der Waals surface area contributed by atoms with Crippen molar-refractivity contribution in [2.75, 3.05) is 26.8 Å². The number of amides is 1. The van der Waals surface area contributed by atoms with Crippen molar-refractivity contribution in [1.29, 1.82) is 0 Å². The zero-order valence-electron chi connectivity index (χ0n) is 10.8. The average molecular weight is 253 g/mol. The molecule has 0 aliphatic carbocycles. The van der Waals surface area contributed by atoms with Crippen LogP contribution in [0, 0.1) is 0 Å². The van der Waals surface area contributed by atoms with Gasteiger partial charge in [-0.3, -0.25) is 9.48 Å². The first kappa shape index (κ1) is 13.0. The van der Waals surface area contributed by atoms with Crippen molar-refractivity contribution in [2.45, 2.75) is 18.4 Å². The minimum Gasteiger partial charge on any atom is -0.388 e. The molecule has 0 saturated carbocycles. The molecular formula is C12H19N3O3. The maximum atomic E-state index is 12.1. The maximum Gasteiger partial charge on any atom is 0.256 e. The number of nitrogens with zero attached hydrogens (tertiary/aromatic N) is 3. The predicted molar refractivity (Wildman–Crippen MR) is 65.2 cm³/mol. The quantitative estimate of drug-likeness (QED) is 0.825. The molecule has 1 amide bonds. The topological polar surface area (TPSA) is 67.6 Å². The third kappa shape index (κ3) is 2.88. The molecule has 1 fully saturated rings. The molecule has 2 heterocycles. The Kier molecular flexibility index (Phi) is 3.68. The highest BCUT2D eigenvalue weighted by atomic mass is 16.5. The monoisotopic (exact) mass is 253 g/mol. The van der Waals surface area contributed by atoms with Crippen LogP contribution in [0.1, 0.15) is 23.2 Å². The van der Waals surface area contributed by atoms with Crippen molar-refractivity contribution in [1.82, 2.24) is 14.7 Å². The van der Waals surface area contributed by atoms with Crippen molar-refractivity contribution in [3.8, 4) is 0 Å². The molecule has 0 aromatic carbocycles. The number of carbonyl (C=O) groups is 1. The van der Waals surface area contributed by atoms with Gasteiger partial charge in [-0.15, -0.1) is 0 Å². The molecule has 0 spiro atoms. The zero-order chi connectivity index (χ0) is 13.2. The Balaban J connectivity index is 1.98. The first-order valence-corrected chi connectivity index (χ1v) is 6.04. The fourth-order valence-corrected chi connectivity index (χ4v) is 2.17. The number of likely N-dealkylation sites (N-methyl/N-ethyl adjacent to an activating group) is 1. The Hall–Kier alpha value is -1.40. The van der Waals surface area contributed by atoms with Crippen LogP contribution in [0.25, 0.3) is 0 Å². The number of carbonyl (C=O) groups excluding carboxylic acids is 1. The van der Waals surface area contributed by atoms with Crippen LogP contribution in [-0.4, -0.2) is 58.1 Å². The summed E-state index contributed by atoms with van der Waals surface area (Å²) in [6.45, 7) is 1.42. The first-order valence-electron chi connectivity index (χ1n) is 6.04. The van der Waals surface area contributed by atoms with Gasteiger partial charge in [-0.2, -0.15) is 5.10 Å². The Morgan fingerprint density at radius 1 is 1.61 bits per heavy atom. The number of hydrogen-bond donors (Lipinski definition) is 1. The van der Waals surface area contributed by atoms with E-state index in [0.29, 0.717) is 38.2 Å². The molecule has 1 aromatic rings. The second kappa shape index (κ2) is 5.07. The number of aromatic nitrogens is 2. The minimum absolute atomic E-state index is 0.122. The van der Waals surface area contributed by atoms with Crippen LogP contribution >= 0.6 is 0 Å². The number of hydrogen-bond acceptors (Lipinski definition) is 4. The standard InChI is InChI=1S/C12H19N3O3/c1-14(9-12(17)3-5-18-6-4-12)11(16)10-7-13-15(2)8-10/h7-8,17H,3-6,9H2,1-2H3. The second-order valence-corrected chi connectivity index (χ2v) is 4.90. The summed E-state index contributed by atoms with van der Waals surface area (Å²) < 4.78 is 6.81. The van der Waals surface area contributed by atoms with Gasteiger partial charge in [0, 0.05) is 52.9 Å². The predicted octanol–water partition coefficient (Wildman–Crippen LogP) is 0.0336. The number of aryl methyl sites for hydroxylation is 1. The molecule has 6 heteroatoms. The van der Waals surface area contributed by atoms with Gasteiger partial charge < -0.3 is 14.7 Å². The summed E-state index contributed by atoms with van der Waals surface area (Å²) in [5, 5.41) is 14.3. The van der Waals surface area contributed by atoms with Gasteiger partial charge in [0.05, 0.1) is 17.4 Å². The molecule has 0 bridgehead atoms. The van der Waals surface area contributed by atoms with Crippen LogP contribution < -0.4 is 0 Å². The highest BCUT2D eigenvalue weighted by Gasteiger charge is 2.32.